The van der Waals surface area contributed by atoms with Gasteiger partial charge in [0.1, 0.15) is 5.58 Å². The van der Waals surface area contributed by atoms with Crippen molar-refractivity contribution in [3.63, 3.8) is 0 Å². The number of pyridine rings is 1. The van der Waals surface area contributed by atoms with Gasteiger partial charge in [0.2, 0.25) is 0 Å². The molecule has 2 aromatic heterocycles. The van der Waals surface area contributed by atoms with E-state index >= 15 is 0 Å². The maximum absolute atomic E-state index is 12.6. The molecule has 0 bridgehead atoms. The molecule has 0 aliphatic rings. The third-order valence-electron chi connectivity index (χ3n) is 4.04. The molecule has 2 heterocycles. The minimum absolute atomic E-state index is 0.0248. The van der Waals surface area contributed by atoms with E-state index in [4.69, 9.17) is 4.42 Å². The summed E-state index contributed by atoms with van der Waals surface area (Å²) in [4.78, 5) is 24.1. The zero-order chi connectivity index (χ0) is 15.3. The molecule has 0 radical (unpaired) electrons. The van der Waals surface area contributed by atoms with Gasteiger partial charge in [0.25, 0.3) is 5.56 Å². The average Bonchev–Trinajstić information content (AvgIpc) is 2.54. The molecule has 0 aliphatic carbocycles. The largest absolute Gasteiger partial charge is 0.423 e. The second-order valence-corrected chi connectivity index (χ2v) is 5.26. The van der Waals surface area contributed by atoms with Crippen molar-refractivity contribution in [2.24, 2.45) is 0 Å². The predicted molar refractivity (Wildman–Crippen MR) is 87.4 cm³/mol. The van der Waals surface area contributed by atoms with Gasteiger partial charge in [-0.25, -0.2) is 4.79 Å². The van der Waals surface area contributed by atoms with Gasteiger partial charge in [0, 0.05) is 34.8 Å². The van der Waals surface area contributed by atoms with Crippen LogP contribution < -0.4 is 11.2 Å². The SMILES string of the molecule is CCn1c(=O)c2ccccc2c2cc3ccc(=O)oc3cc21. The molecule has 2 aromatic carbocycles. The van der Waals surface area contributed by atoms with Crippen LogP contribution in [0.15, 0.2) is 62.5 Å². The van der Waals surface area contributed by atoms with Gasteiger partial charge < -0.3 is 8.98 Å². The maximum Gasteiger partial charge on any atom is 0.336 e. The molecule has 0 aliphatic heterocycles. The van der Waals surface area contributed by atoms with Gasteiger partial charge in [0.15, 0.2) is 0 Å². The van der Waals surface area contributed by atoms with E-state index in [9.17, 15) is 9.59 Å². The number of nitrogens with zero attached hydrogens (tertiary/aromatic N) is 1. The van der Waals surface area contributed by atoms with Gasteiger partial charge in [-0.05, 0) is 30.5 Å². The smallest absolute Gasteiger partial charge is 0.336 e. The molecular formula is C18H13NO3. The molecule has 0 saturated carbocycles. The first-order valence-electron chi connectivity index (χ1n) is 7.18. The zero-order valence-corrected chi connectivity index (χ0v) is 12.0. The quantitative estimate of drug-likeness (QED) is 0.307. The van der Waals surface area contributed by atoms with Crippen molar-refractivity contribution in [1.82, 2.24) is 4.57 Å². The number of fused-ring (bicyclic) bond motifs is 4. The molecule has 0 saturated heterocycles. The van der Waals surface area contributed by atoms with Crippen LogP contribution in [0.4, 0.5) is 0 Å². The van der Waals surface area contributed by atoms with E-state index in [0.29, 0.717) is 17.5 Å². The van der Waals surface area contributed by atoms with E-state index < -0.39 is 5.63 Å². The van der Waals surface area contributed by atoms with Crippen LogP contribution in [-0.4, -0.2) is 4.57 Å². The molecule has 0 N–H and O–H groups in total. The van der Waals surface area contributed by atoms with E-state index in [1.807, 2.05) is 37.3 Å². The van der Waals surface area contributed by atoms with Crippen molar-refractivity contribution in [2.45, 2.75) is 13.5 Å². The first-order valence-corrected chi connectivity index (χ1v) is 7.18. The van der Waals surface area contributed by atoms with Crippen LogP contribution in [0.1, 0.15) is 6.92 Å². The fourth-order valence-corrected chi connectivity index (χ4v) is 3.02. The Labute approximate surface area is 125 Å². The molecule has 4 heteroatoms. The first kappa shape index (κ1) is 12.8. The number of hydrogen-bond donors (Lipinski definition) is 0. The van der Waals surface area contributed by atoms with E-state index in [-0.39, 0.29) is 5.56 Å². The summed E-state index contributed by atoms with van der Waals surface area (Å²) < 4.78 is 6.96. The fourth-order valence-electron chi connectivity index (χ4n) is 3.02. The average molecular weight is 291 g/mol. The Balaban J connectivity index is 2.34. The van der Waals surface area contributed by atoms with Gasteiger partial charge in [-0.3, -0.25) is 4.79 Å². The van der Waals surface area contributed by atoms with Crippen molar-refractivity contribution < 1.29 is 4.42 Å². The van der Waals surface area contributed by atoms with Crippen LogP contribution in [-0.2, 0) is 6.54 Å². The van der Waals surface area contributed by atoms with Crippen LogP contribution >= 0.6 is 0 Å². The molecule has 0 fully saturated rings. The second kappa shape index (κ2) is 4.56. The van der Waals surface area contributed by atoms with Crippen LogP contribution in [0.25, 0.3) is 32.6 Å². The Morgan fingerprint density at radius 1 is 0.955 bits per heavy atom. The molecule has 0 spiro atoms. The van der Waals surface area contributed by atoms with Gasteiger partial charge >= 0.3 is 5.63 Å². The van der Waals surface area contributed by atoms with Crippen molar-refractivity contribution >= 4 is 32.6 Å². The van der Waals surface area contributed by atoms with Crippen molar-refractivity contribution in [3.8, 4) is 0 Å². The van der Waals surface area contributed by atoms with Gasteiger partial charge in [0.05, 0.1) is 5.52 Å². The van der Waals surface area contributed by atoms with Crippen LogP contribution in [0.3, 0.4) is 0 Å². The minimum Gasteiger partial charge on any atom is -0.423 e. The topological polar surface area (TPSA) is 52.2 Å². The number of aryl methyl sites for hydroxylation is 1. The van der Waals surface area contributed by atoms with Crippen molar-refractivity contribution in [3.05, 3.63) is 69.3 Å². The molecule has 0 atom stereocenters. The lowest BCUT2D eigenvalue weighted by Gasteiger charge is -2.12. The highest BCUT2D eigenvalue weighted by molar-refractivity contribution is 6.09. The first-order chi connectivity index (χ1) is 10.7. The normalized spacial score (nSPS) is 11.5. The minimum atomic E-state index is -0.391. The van der Waals surface area contributed by atoms with E-state index in [1.54, 1.807) is 16.7 Å². The summed E-state index contributed by atoms with van der Waals surface area (Å²) in [6, 6.07) is 14.5. The van der Waals surface area contributed by atoms with Gasteiger partial charge in [-0.2, -0.15) is 0 Å². The Morgan fingerprint density at radius 3 is 2.50 bits per heavy atom. The van der Waals surface area contributed by atoms with Gasteiger partial charge in [-0.1, -0.05) is 18.2 Å². The van der Waals surface area contributed by atoms with Crippen molar-refractivity contribution in [1.29, 1.82) is 0 Å². The number of rotatable bonds is 1. The highest BCUT2D eigenvalue weighted by atomic mass is 16.4. The standard InChI is InChI=1S/C18H13NO3/c1-2-19-15-10-16-11(7-8-17(20)22-16)9-14(15)12-5-3-4-6-13(12)18(19)21/h3-10H,2H2,1H3. The maximum atomic E-state index is 12.6. The lowest BCUT2D eigenvalue weighted by molar-refractivity contribution is 0.561. The van der Waals surface area contributed by atoms with E-state index in [2.05, 4.69) is 0 Å². The second-order valence-electron chi connectivity index (χ2n) is 5.26. The van der Waals surface area contributed by atoms with E-state index in [1.165, 1.54) is 6.07 Å². The molecule has 108 valence electrons. The van der Waals surface area contributed by atoms with Crippen LogP contribution in [0.2, 0.25) is 0 Å². The van der Waals surface area contributed by atoms with Crippen LogP contribution in [0.5, 0.6) is 0 Å². The zero-order valence-electron chi connectivity index (χ0n) is 12.0. The van der Waals surface area contributed by atoms with E-state index in [0.717, 1.165) is 21.7 Å². The highest BCUT2D eigenvalue weighted by Crippen LogP contribution is 2.27. The van der Waals surface area contributed by atoms with Gasteiger partial charge in [-0.15, -0.1) is 0 Å². The third kappa shape index (κ3) is 1.70. The van der Waals surface area contributed by atoms with Crippen molar-refractivity contribution in [2.75, 3.05) is 0 Å². The number of hydrogen-bond acceptors (Lipinski definition) is 3. The fraction of sp³-hybridized carbons (Fsp3) is 0.111. The molecule has 0 unspecified atom stereocenters. The highest BCUT2D eigenvalue weighted by Gasteiger charge is 2.11. The summed E-state index contributed by atoms with van der Waals surface area (Å²) in [5, 5.41) is 3.45. The number of benzene rings is 2. The summed E-state index contributed by atoms with van der Waals surface area (Å²) in [7, 11) is 0. The summed E-state index contributed by atoms with van der Waals surface area (Å²) in [6.07, 6.45) is 0. The Hall–Kier alpha value is -2.88. The summed E-state index contributed by atoms with van der Waals surface area (Å²) in [5.74, 6) is 0. The monoisotopic (exact) mass is 291 g/mol. The van der Waals surface area contributed by atoms with Crippen LogP contribution in [0, 0.1) is 0 Å². The predicted octanol–water partition coefficient (Wildman–Crippen LogP) is 3.28. The molecule has 0 amide bonds. The number of aromatic nitrogens is 1. The lowest BCUT2D eigenvalue weighted by atomic mass is 10.0. The molecule has 22 heavy (non-hydrogen) atoms. The Bertz CT molecular complexity index is 1150. The summed E-state index contributed by atoms with van der Waals surface area (Å²) in [6.45, 7) is 2.49. The Morgan fingerprint density at radius 2 is 1.73 bits per heavy atom. The molecule has 4 rings (SSSR count). The summed E-state index contributed by atoms with van der Waals surface area (Å²) in [5.41, 5.74) is 0.867. The third-order valence-corrected chi connectivity index (χ3v) is 4.04. The molecular weight excluding hydrogens is 278 g/mol. The lowest BCUT2D eigenvalue weighted by Crippen LogP contribution is -2.19. The summed E-state index contributed by atoms with van der Waals surface area (Å²) >= 11 is 0. The Kier molecular flexibility index (Phi) is 2.66. The molecule has 4 nitrogen and oxygen atoms in total. The molecule has 4 aromatic rings.